The van der Waals surface area contributed by atoms with Crippen LogP contribution in [0.5, 0.6) is 0 Å². The fourth-order valence-electron chi connectivity index (χ4n) is 2.34. The summed E-state index contributed by atoms with van der Waals surface area (Å²) in [6, 6.07) is 13.7. The Morgan fingerprint density at radius 3 is 2.11 bits per heavy atom. The van der Waals surface area contributed by atoms with E-state index < -0.39 is 28.1 Å². The molecule has 0 aliphatic carbocycles. The Balaban J connectivity index is 2.01. The van der Waals surface area contributed by atoms with Gasteiger partial charge >= 0.3 is 5.97 Å². The van der Waals surface area contributed by atoms with E-state index in [0.717, 1.165) is 5.56 Å². The topological polar surface area (TPSA) is 102 Å². The lowest BCUT2D eigenvalue weighted by molar-refractivity contribution is -0.150. The maximum absolute atomic E-state index is 12.4. The number of ether oxygens (including phenoxy) is 1. The molecule has 2 N–H and O–H groups in total. The summed E-state index contributed by atoms with van der Waals surface area (Å²) in [7, 11) is -3.91. The average molecular weight is 390 g/mol. The Bertz CT molecular complexity index is 895. The molecule has 0 unspecified atom stereocenters. The van der Waals surface area contributed by atoms with Crippen LogP contribution in [0.15, 0.2) is 59.5 Å². The summed E-state index contributed by atoms with van der Waals surface area (Å²) in [5.74, 6) is -0.933. The predicted octanol–water partition coefficient (Wildman–Crippen LogP) is 2.62. The Labute approximate surface area is 158 Å². The van der Waals surface area contributed by atoms with Gasteiger partial charge in [-0.3, -0.25) is 9.59 Å². The number of hydrogen-bond acceptors (Lipinski definition) is 5. The maximum atomic E-state index is 12.4. The van der Waals surface area contributed by atoms with E-state index in [0.29, 0.717) is 5.69 Å². The van der Waals surface area contributed by atoms with Crippen LogP contribution in [0.1, 0.15) is 32.4 Å². The third kappa shape index (κ3) is 5.90. The van der Waals surface area contributed by atoms with Crippen molar-refractivity contribution >= 4 is 27.6 Å². The van der Waals surface area contributed by atoms with E-state index >= 15 is 0 Å². The number of esters is 1. The van der Waals surface area contributed by atoms with Crippen molar-refractivity contribution in [3.63, 3.8) is 0 Å². The van der Waals surface area contributed by atoms with Crippen molar-refractivity contribution < 1.29 is 22.7 Å². The molecule has 0 saturated carbocycles. The second-order valence-corrected chi connectivity index (χ2v) is 7.75. The second-order valence-electron chi connectivity index (χ2n) is 6.04. The van der Waals surface area contributed by atoms with Gasteiger partial charge in [0, 0.05) is 12.6 Å². The van der Waals surface area contributed by atoms with E-state index in [1.54, 1.807) is 6.92 Å². The molecular formula is C19H22N2O5S. The summed E-state index contributed by atoms with van der Waals surface area (Å²) < 4.78 is 32.5. The molecule has 0 fully saturated rings. The normalized spacial score (nSPS) is 13.4. The molecule has 2 aromatic carbocycles. The summed E-state index contributed by atoms with van der Waals surface area (Å²) >= 11 is 0. The van der Waals surface area contributed by atoms with E-state index in [1.807, 2.05) is 30.3 Å². The minimum atomic E-state index is -3.91. The standard InChI is InChI=1S/C19H22N2O5S/c1-13(19(23)26-14(2)16-7-5-4-6-8-16)21-27(24,25)18-11-9-17(10-12-18)20-15(3)22/h4-14,21H,1-3H3,(H,20,22)/t13-,14-/m0/s1. The Hall–Kier alpha value is -2.71. The number of nitrogens with one attached hydrogen (secondary N) is 2. The first-order valence-corrected chi connectivity index (χ1v) is 9.83. The quantitative estimate of drug-likeness (QED) is 0.708. The summed E-state index contributed by atoms with van der Waals surface area (Å²) in [5.41, 5.74) is 1.29. The van der Waals surface area contributed by atoms with Crippen molar-refractivity contribution in [2.24, 2.45) is 0 Å². The maximum Gasteiger partial charge on any atom is 0.324 e. The first kappa shape index (κ1) is 20.6. The third-order valence-corrected chi connectivity index (χ3v) is 5.29. The van der Waals surface area contributed by atoms with Crippen LogP contribution in [0, 0.1) is 0 Å². The van der Waals surface area contributed by atoms with Gasteiger partial charge in [0.15, 0.2) is 0 Å². The lowest BCUT2D eigenvalue weighted by Gasteiger charge is -2.18. The molecule has 0 heterocycles. The lowest BCUT2D eigenvalue weighted by Crippen LogP contribution is -2.39. The van der Waals surface area contributed by atoms with Crippen molar-refractivity contribution in [2.45, 2.75) is 37.8 Å². The molecule has 0 aromatic heterocycles. The van der Waals surface area contributed by atoms with Crippen molar-refractivity contribution in [1.29, 1.82) is 0 Å². The zero-order valence-electron chi connectivity index (χ0n) is 15.3. The largest absolute Gasteiger partial charge is 0.457 e. The Morgan fingerprint density at radius 2 is 1.56 bits per heavy atom. The first-order valence-electron chi connectivity index (χ1n) is 8.34. The number of carbonyl (C=O) groups excluding carboxylic acids is 2. The zero-order chi connectivity index (χ0) is 20.0. The predicted molar refractivity (Wildman–Crippen MR) is 101 cm³/mol. The molecule has 7 nitrogen and oxygen atoms in total. The molecule has 0 bridgehead atoms. The first-order chi connectivity index (χ1) is 12.7. The minimum Gasteiger partial charge on any atom is -0.457 e. The highest BCUT2D eigenvalue weighted by atomic mass is 32.2. The smallest absolute Gasteiger partial charge is 0.324 e. The van der Waals surface area contributed by atoms with Crippen LogP contribution in [0.4, 0.5) is 5.69 Å². The van der Waals surface area contributed by atoms with Gasteiger partial charge in [-0.1, -0.05) is 30.3 Å². The van der Waals surface area contributed by atoms with E-state index in [2.05, 4.69) is 10.0 Å². The number of hydrogen-bond donors (Lipinski definition) is 2. The fourth-order valence-corrected chi connectivity index (χ4v) is 3.53. The number of anilines is 1. The second kappa shape index (κ2) is 8.79. The molecule has 2 atom stereocenters. The highest BCUT2D eigenvalue weighted by Gasteiger charge is 2.24. The molecule has 2 rings (SSSR count). The summed E-state index contributed by atoms with van der Waals surface area (Å²) in [5, 5.41) is 2.55. The number of sulfonamides is 1. The lowest BCUT2D eigenvalue weighted by atomic mass is 10.1. The third-order valence-electron chi connectivity index (χ3n) is 3.73. The van der Waals surface area contributed by atoms with Crippen LogP contribution in [0.25, 0.3) is 0 Å². The molecule has 0 saturated heterocycles. The van der Waals surface area contributed by atoms with E-state index in [1.165, 1.54) is 38.1 Å². The number of benzene rings is 2. The molecule has 2 aromatic rings. The van der Waals surface area contributed by atoms with Gasteiger partial charge in [-0.15, -0.1) is 0 Å². The monoisotopic (exact) mass is 390 g/mol. The van der Waals surface area contributed by atoms with Crippen LogP contribution in [0.3, 0.4) is 0 Å². The Morgan fingerprint density at radius 1 is 0.963 bits per heavy atom. The molecule has 0 aliphatic rings. The molecule has 0 aliphatic heterocycles. The molecular weight excluding hydrogens is 368 g/mol. The highest BCUT2D eigenvalue weighted by Crippen LogP contribution is 2.18. The van der Waals surface area contributed by atoms with E-state index in [9.17, 15) is 18.0 Å². The Kier molecular flexibility index (Phi) is 6.70. The van der Waals surface area contributed by atoms with Crippen molar-refractivity contribution in [3.8, 4) is 0 Å². The van der Waals surface area contributed by atoms with Gasteiger partial charge in [0.1, 0.15) is 12.1 Å². The van der Waals surface area contributed by atoms with Crippen LogP contribution < -0.4 is 10.0 Å². The molecule has 1 amide bonds. The zero-order valence-corrected chi connectivity index (χ0v) is 16.1. The van der Waals surface area contributed by atoms with Gasteiger partial charge in [0.05, 0.1) is 4.90 Å². The molecule has 8 heteroatoms. The summed E-state index contributed by atoms with van der Waals surface area (Å²) in [6.45, 7) is 4.49. The average Bonchev–Trinajstić information content (AvgIpc) is 2.62. The highest BCUT2D eigenvalue weighted by molar-refractivity contribution is 7.89. The fraction of sp³-hybridized carbons (Fsp3) is 0.263. The van der Waals surface area contributed by atoms with E-state index in [-0.39, 0.29) is 10.8 Å². The van der Waals surface area contributed by atoms with Crippen molar-refractivity contribution in [1.82, 2.24) is 4.72 Å². The van der Waals surface area contributed by atoms with Gasteiger partial charge in [-0.2, -0.15) is 4.72 Å². The van der Waals surface area contributed by atoms with Crippen LogP contribution in [0.2, 0.25) is 0 Å². The van der Waals surface area contributed by atoms with Crippen LogP contribution in [-0.4, -0.2) is 26.3 Å². The van der Waals surface area contributed by atoms with Crippen molar-refractivity contribution in [3.05, 3.63) is 60.2 Å². The molecule has 27 heavy (non-hydrogen) atoms. The van der Waals surface area contributed by atoms with Crippen LogP contribution in [-0.2, 0) is 24.3 Å². The molecule has 0 spiro atoms. The van der Waals surface area contributed by atoms with E-state index in [4.69, 9.17) is 4.74 Å². The number of carbonyl (C=O) groups is 2. The number of amides is 1. The van der Waals surface area contributed by atoms with Gasteiger partial charge in [0.2, 0.25) is 15.9 Å². The van der Waals surface area contributed by atoms with Crippen LogP contribution >= 0.6 is 0 Å². The van der Waals surface area contributed by atoms with Gasteiger partial charge in [-0.25, -0.2) is 8.42 Å². The summed E-state index contributed by atoms with van der Waals surface area (Å²) in [4.78, 5) is 23.2. The molecule has 144 valence electrons. The minimum absolute atomic E-state index is 0.0210. The molecule has 0 radical (unpaired) electrons. The van der Waals surface area contributed by atoms with Crippen molar-refractivity contribution in [2.75, 3.05) is 5.32 Å². The van der Waals surface area contributed by atoms with Gasteiger partial charge in [-0.05, 0) is 43.7 Å². The van der Waals surface area contributed by atoms with Gasteiger partial charge in [0.25, 0.3) is 0 Å². The summed E-state index contributed by atoms with van der Waals surface area (Å²) in [6.07, 6.45) is -0.498. The SMILES string of the molecule is CC(=O)Nc1ccc(S(=O)(=O)N[C@@H](C)C(=O)O[C@@H](C)c2ccccc2)cc1. The number of rotatable bonds is 7. The van der Waals surface area contributed by atoms with Gasteiger partial charge < -0.3 is 10.1 Å².